The predicted octanol–water partition coefficient (Wildman–Crippen LogP) is 13.7. The van der Waals surface area contributed by atoms with Crippen molar-refractivity contribution in [1.29, 1.82) is 0 Å². The Bertz CT molecular complexity index is 3500. The lowest BCUT2D eigenvalue weighted by Gasteiger charge is -2.15. The number of para-hydroxylation sites is 3. The fourth-order valence-electron chi connectivity index (χ4n) is 8.63. The molecule has 0 saturated carbocycles. The van der Waals surface area contributed by atoms with Crippen LogP contribution >= 0.6 is 11.3 Å². The van der Waals surface area contributed by atoms with Gasteiger partial charge in [-0.15, -0.1) is 11.3 Å². The number of benzene rings is 8. The van der Waals surface area contributed by atoms with Crippen molar-refractivity contribution < 1.29 is 0 Å². The Morgan fingerprint density at radius 1 is 0.345 bits per heavy atom. The van der Waals surface area contributed by atoms with Crippen molar-refractivity contribution in [2.75, 3.05) is 0 Å². The molecule has 6 heteroatoms. The van der Waals surface area contributed by atoms with Crippen LogP contribution in [0.25, 0.3) is 115 Å². The summed E-state index contributed by atoms with van der Waals surface area (Å²) in [4.78, 5) is 20.9. The van der Waals surface area contributed by atoms with Crippen LogP contribution in [0.2, 0.25) is 0 Å². The summed E-state index contributed by atoms with van der Waals surface area (Å²) in [5.41, 5.74) is 9.14. The number of thiophene rings is 1. The molecule has 0 amide bonds. The molecule has 0 radical (unpaired) electrons. The smallest absolute Gasteiger partial charge is 0.238 e. The van der Waals surface area contributed by atoms with E-state index in [-0.39, 0.29) is 0 Å². The summed E-state index contributed by atoms with van der Waals surface area (Å²) in [5, 5.41) is 8.43. The van der Waals surface area contributed by atoms with Crippen molar-refractivity contribution in [3.63, 3.8) is 0 Å². The van der Waals surface area contributed by atoms with Gasteiger partial charge in [-0.05, 0) is 29.8 Å². The molecule has 4 heterocycles. The third kappa shape index (κ3) is 5.09. The second kappa shape index (κ2) is 13.0. The number of nitrogens with zero attached hydrogens (tertiary/aromatic N) is 5. The summed E-state index contributed by atoms with van der Waals surface area (Å²) in [6.45, 7) is 0. The quantitative estimate of drug-likeness (QED) is 0.164. The predicted molar refractivity (Wildman–Crippen MR) is 242 cm³/mol. The summed E-state index contributed by atoms with van der Waals surface area (Å²) in [6, 6.07) is 66.0. The summed E-state index contributed by atoms with van der Waals surface area (Å²) in [5.74, 6) is 1.81. The normalized spacial score (nSPS) is 11.8. The molecule has 58 heavy (non-hydrogen) atoms. The van der Waals surface area contributed by atoms with Gasteiger partial charge in [0, 0.05) is 69.4 Å². The van der Waals surface area contributed by atoms with Crippen LogP contribution in [-0.4, -0.2) is 24.5 Å². The molecule has 270 valence electrons. The van der Waals surface area contributed by atoms with Crippen molar-refractivity contribution >= 4 is 75.0 Å². The first kappa shape index (κ1) is 32.7. The largest absolute Gasteiger partial charge is 0.278 e. The molecule has 12 rings (SSSR count). The highest BCUT2D eigenvalue weighted by atomic mass is 32.1. The molecule has 0 N–H and O–H groups in total. The van der Waals surface area contributed by atoms with Gasteiger partial charge in [0.2, 0.25) is 5.95 Å². The molecule has 0 atom stereocenters. The van der Waals surface area contributed by atoms with E-state index in [4.69, 9.17) is 19.9 Å². The first-order valence-electron chi connectivity index (χ1n) is 19.4. The number of rotatable bonds is 5. The number of pyridine rings is 1. The van der Waals surface area contributed by atoms with Crippen LogP contribution in [0.4, 0.5) is 0 Å². The van der Waals surface area contributed by atoms with Gasteiger partial charge in [-0.3, -0.25) is 4.57 Å². The van der Waals surface area contributed by atoms with Crippen molar-refractivity contribution in [3.05, 3.63) is 188 Å². The lowest BCUT2D eigenvalue weighted by Crippen LogP contribution is -2.06. The Labute approximate surface area is 337 Å². The van der Waals surface area contributed by atoms with E-state index in [1.165, 1.54) is 25.6 Å². The molecule has 0 aliphatic rings. The Morgan fingerprint density at radius 3 is 1.62 bits per heavy atom. The zero-order chi connectivity index (χ0) is 38.2. The van der Waals surface area contributed by atoms with E-state index in [1.807, 2.05) is 41.7 Å². The summed E-state index contributed by atoms with van der Waals surface area (Å²) in [7, 11) is 0. The van der Waals surface area contributed by atoms with E-state index in [1.54, 1.807) is 0 Å². The van der Waals surface area contributed by atoms with E-state index in [9.17, 15) is 0 Å². The van der Waals surface area contributed by atoms with Gasteiger partial charge in [0.25, 0.3) is 0 Å². The fourth-order valence-corrected chi connectivity index (χ4v) is 9.74. The SMILES string of the molecule is c1ccc(-c2nc(-c3ccc(-c4cccc5c4nc(-c4ccccc4)c4ccc6sc7ccccc7c6c45)cc3)nc(-n3c4ccccc4c4ccccc43)n2)cc1. The minimum absolute atomic E-state index is 0.580. The second-order valence-electron chi connectivity index (χ2n) is 14.6. The maximum Gasteiger partial charge on any atom is 0.238 e. The Balaban J connectivity index is 1.06. The van der Waals surface area contributed by atoms with Crippen LogP contribution in [0.1, 0.15) is 0 Å². The summed E-state index contributed by atoms with van der Waals surface area (Å²) >= 11 is 1.85. The Hall–Kier alpha value is -7.54. The monoisotopic (exact) mass is 757 g/mol. The van der Waals surface area contributed by atoms with Crippen molar-refractivity contribution in [1.82, 2.24) is 24.5 Å². The Kier molecular flexibility index (Phi) is 7.33. The lowest BCUT2D eigenvalue weighted by molar-refractivity contribution is 0.953. The van der Waals surface area contributed by atoms with Crippen molar-refractivity contribution in [3.8, 4) is 51.1 Å². The molecule has 0 aliphatic heterocycles. The molecule has 0 unspecified atom stereocenters. The second-order valence-corrected chi connectivity index (χ2v) is 15.7. The van der Waals surface area contributed by atoms with Crippen molar-refractivity contribution in [2.24, 2.45) is 0 Å². The van der Waals surface area contributed by atoms with E-state index in [0.29, 0.717) is 17.6 Å². The van der Waals surface area contributed by atoms with Gasteiger partial charge >= 0.3 is 0 Å². The van der Waals surface area contributed by atoms with E-state index in [0.717, 1.165) is 71.6 Å². The average molecular weight is 758 g/mol. The molecule has 0 bridgehead atoms. The van der Waals surface area contributed by atoms with Crippen molar-refractivity contribution in [2.45, 2.75) is 0 Å². The van der Waals surface area contributed by atoms with Gasteiger partial charge in [0.1, 0.15) is 0 Å². The first-order valence-corrected chi connectivity index (χ1v) is 20.2. The molecule has 4 aromatic heterocycles. The molecule has 0 spiro atoms. The molecular formula is C52H31N5S. The molecule has 8 aromatic carbocycles. The van der Waals surface area contributed by atoms with Crippen LogP contribution < -0.4 is 0 Å². The summed E-state index contributed by atoms with van der Waals surface area (Å²) in [6.07, 6.45) is 0. The fraction of sp³-hybridized carbons (Fsp3) is 0. The average Bonchev–Trinajstić information content (AvgIpc) is 3.85. The standard InChI is InChI=1S/C52H31N5S/c1-3-14-33(15-4-1)48-41-30-31-45-47(39-20-9-12-25-44(39)58-45)46(41)40-22-13-21-36(49(40)53-48)32-26-28-35(29-27-32)51-54-50(34-16-5-2-6-17-34)55-52(56-51)57-42-23-10-7-18-37(42)38-19-8-11-24-43(38)57/h1-31H. The maximum absolute atomic E-state index is 5.50. The van der Waals surface area contributed by atoms with Gasteiger partial charge in [-0.1, -0.05) is 164 Å². The van der Waals surface area contributed by atoms with E-state index in [2.05, 4.69) is 162 Å². The molecule has 5 nitrogen and oxygen atoms in total. The van der Waals surface area contributed by atoms with Crippen LogP contribution in [0.5, 0.6) is 0 Å². The van der Waals surface area contributed by atoms with Gasteiger partial charge < -0.3 is 0 Å². The zero-order valence-corrected chi connectivity index (χ0v) is 31.9. The van der Waals surface area contributed by atoms with Crippen LogP contribution in [0.15, 0.2) is 188 Å². The topological polar surface area (TPSA) is 56.5 Å². The minimum Gasteiger partial charge on any atom is -0.278 e. The number of aromatic nitrogens is 5. The van der Waals surface area contributed by atoms with Crippen LogP contribution in [-0.2, 0) is 0 Å². The molecule has 0 fully saturated rings. The summed E-state index contributed by atoms with van der Waals surface area (Å²) < 4.78 is 4.72. The third-order valence-corrected chi connectivity index (χ3v) is 12.4. The van der Waals surface area contributed by atoms with Gasteiger partial charge in [-0.25, -0.2) is 9.97 Å². The maximum atomic E-state index is 5.50. The zero-order valence-electron chi connectivity index (χ0n) is 31.0. The minimum atomic E-state index is 0.580. The lowest BCUT2D eigenvalue weighted by atomic mass is 9.93. The van der Waals surface area contributed by atoms with Gasteiger partial charge in [0.05, 0.1) is 22.2 Å². The number of fused-ring (bicyclic) bond motifs is 10. The highest BCUT2D eigenvalue weighted by Gasteiger charge is 2.20. The number of hydrogen-bond acceptors (Lipinski definition) is 5. The number of hydrogen-bond donors (Lipinski definition) is 0. The Morgan fingerprint density at radius 2 is 0.914 bits per heavy atom. The van der Waals surface area contributed by atoms with E-state index < -0.39 is 0 Å². The first-order chi connectivity index (χ1) is 28.8. The molecular weight excluding hydrogens is 727 g/mol. The van der Waals surface area contributed by atoms with Gasteiger partial charge in [-0.2, -0.15) is 9.97 Å². The molecule has 12 aromatic rings. The van der Waals surface area contributed by atoms with Crippen LogP contribution in [0, 0.1) is 0 Å². The highest BCUT2D eigenvalue weighted by molar-refractivity contribution is 7.26. The molecule has 0 saturated heterocycles. The van der Waals surface area contributed by atoms with E-state index >= 15 is 0 Å². The molecule has 0 aliphatic carbocycles. The van der Waals surface area contributed by atoms with Gasteiger partial charge in [0.15, 0.2) is 11.6 Å². The third-order valence-electron chi connectivity index (χ3n) is 11.3. The highest BCUT2D eigenvalue weighted by Crippen LogP contribution is 2.45. The van der Waals surface area contributed by atoms with Crippen LogP contribution in [0.3, 0.4) is 0 Å².